The average Bonchev–Trinajstić information content (AvgIpc) is 3.22. The molecule has 0 aliphatic rings. The van der Waals surface area contributed by atoms with Gasteiger partial charge in [-0.3, -0.25) is 0 Å². The van der Waals surface area contributed by atoms with Crippen molar-refractivity contribution in [2.45, 2.75) is 316 Å². The standard InChI is InChI=1S/C55H110O2/c1-4-6-8-10-12-14-16-18-20-22-24-26-28-30-32-34-36-38-40-42-44-46-48-51-56-53-50-55(3)54-57-52-49-47-45-43-41-39-37-35-33-31-29-27-25-23-21-19-17-15-13-11-9-7-5-2/h50H,4-49,51-54H2,1-3H3/b55-50-. The summed E-state index contributed by atoms with van der Waals surface area (Å²) >= 11 is 0. The molecule has 0 bridgehead atoms. The summed E-state index contributed by atoms with van der Waals surface area (Å²) in [7, 11) is 0. The van der Waals surface area contributed by atoms with E-state index in [1.807, 2.05) is 0 Å². The molecule has 0 heterocycles. The molecule has 0 fully saturated rings. The van der Waals surface area contributed by atoms with Crippen LogP contribution < -0.4 is 0 Å². The van der Waals surface area contributed by atoms with E-state index in [4.69, 9.17) is 9.47 Å². The van der Waals surface area contributed by atoms with Gasteiger partial charge in [-0.15, -0.1) is 0 Å². The summed E-state index contributed by atoms with van der Waals surface area (Å²) in [6, 6.07) is 0. The minimum atomic E-state index is 0.744. The molecule has 0 amide bonds. The van der Waals surface area contributed by atoms with Crippen molar-refractivity contribution < 1.29 is 9.47 Å². The second-order valence-corrected chi connectivity index (χ2v) is 18.7. The highest BCUT2D eigenvalue weighted by atomic mass is 16.5. The average molecular weight is 803 g/mol. The van der Waals surface area contributed by atoms with E-state index in [-0.39, 0.29) is 0 Å². The molecule has 0 N–H and O–H groups in total. The van der Waals surface area contributed by atoms with Crippen LogP contribution in [-0.4, -0.2) is 26.4 Å². The van der Waals surface area contributed by atoms with Crippen molar-refractivity contribution in [3.63, 3.8) is 0 Å². The second-order valence-electron chi connectivity index (χ2n) is 18.7. The zero-order valence-electron chi connectivity index (χ0n) is 40.2. The van der Waals surface area contributed by atoms with Crippen molar-refractivity contribution in [2.24, 2.45) is 0 Å². The number of ether oxygens (including phenoxy) is 2. The fourth-order valence-corrected chi connectivity index (χ4v) is 8.56. The molecule has 342 valence electrons. The Morgan fingerprint density at radius 3 is 0.684 bits per heavy atom. The highest BCUT2D eigenvalue weighted by Crippen LogP contribution is 2.17. The van der Waals surface area contributed by atoms with Crippen LogP contribution in [0.3, 0.4) is 0 Å². The van der Waals surface area contributed by atoms with Gasteiger partial charge in [0.2, 0.25) is 0 Å². The van der Waals surface area contributed by atoms with Crippen molar-refractivity contribution in [3.8, 4) is 0 Å². The smallest absolute Gasteiger partial charge is 0.0674 e. The van der Waals surface area contributed by atoms with Gasteiger partial charge in [0.15, 0.2) is 0 Å². The summed E-state index contributed by atoms with van der Waals surface area (Å²) in [4.78, 5) is 0. The van der Waals surface area contributed by atoms with E-state index in [1.165, 1.54) is 301 Å². The molecule has 0 aromatic rings. The van der Waals surface area contributed by atoms with Gasteiger partial charge in [-0.2, -0.15) is 0 Å². The third-order valence-electron chi connectivity index (χ3n) is 12.7. The van der Waals surface area contributed by atoms with Crippen LogP contribution in [0.15, 0.2) is 11.6 Å². The normalized spacial score (nSPS) is 12.0. The van der Waals surface area contributed by atoms with Crippen molar-refractivity contribution in [1.82, 2.24) is 0 Å². The van der Waals surface area contributed by atoms with E-state index in [0.717, 1.165) is 26.4 Å². The van der Waals surface area contributed by atoms with Crippen LogP contribution in [0.1, 0.15) is 316 Å². The lowest BCUT2D eigenvalue weighted by Gasteiger charge is -2.06. The fraction of sp³-hybridized carbons (Fsp3) is 0.964. The Morgan fingerprint density at radius 1 is 0.263 bits per heavy atom. The summed E-state index contributed by atoms with van der Waals surface area (Å²) in [6.45, 7) is 10.1. The van der Waals surface area contributed by atoms with Crippen LogP contribution in [-0.2, 0) is 9.47 Å². The first-order chi connectivity index (χ1) is 28.3. The summed E-state index contributed by atoms with van der Waals surface area (Å²) in [5, 5.41) is 0. The Balaban J connectivity index is 3.18. The monoisotopic (exact) mass is 803 g/mol. The maximum absolute atomic E-state index is 5.93. The Morgan fingerprint density at radius 2 is 0.456 bits per heavy atom. The largest absolute Gasteiger partial charge is 0.377 e. The topological polar surface area (TPSA) is 18.5 Å². The van der Waals surface area contributed by atoms with Gasteiger partial charge in [-0.1, -0.05) is 302 Å². The molecule has 2 heteroatoms. The predicted molar refractivity (Wildman–Crippen MR) is 259 cm³/mol. The molecular formula is C55H110O2. The number of unbranched alkanes of at least 4 members (excludes halogenated alkanes) is 44. The summed E-state index contributed by atoms with van der Waals surface area (Å²) < 4.78 is 11.8. The van der Waals surface area contributed by atoms with Crippen molar-refractivity contribution in [1.29, 1.82) is 0 Å². The molecule has 0 aromatic heterocycles. The minimum absolute atomic E-state index is 0.744. The minimum Gasteiger partial charge on any atom is -0.377 e. The van der Waals surface area contributed by atoms with Gasteiger partial charge in [-0.05, 0) is 25.3 Å². The molecule has 0 spiro atoms. The molecular weight excluding hydrogens is 693 g/mol. The molecule has 57 heavy (non-hydrogen) atoms. The molecule has 0 rings (SSSR count). The molecule has 0 aliphatic heterocycles. The Bertz CT molecular complexity index is 715. The van der Waals surface area contributed by atoms with Gasteiger partial charge in [0.05, 0.1) is 13.2 Å². The van der Waals surface area contributed by atoms with E-state index >= 15 is 0 Å². The summed E-state index contributed by atoms with van der Waals surface area (Å²) in [6.07, 6.45) is 68.4. The van der Waals surface area contributed by atoms with Crippen molar-refractivity contribution in [3.05, 3.63) is 11.6 Å². The first kappa shape index (κ1) is 56.7. The third kappa shape index (κ3) is 53.6. The second kappa shape index (κ2) is 53.7. The van der Waals surface area contributed by atoms with E-state index in [2.05, 4.69) is 26.8 Å². The Labute approximate surface area is 362 Å². The van der Waals surface area contributed by atoms with E-state index < -0.39 is 0 Å². The van der Waals surface area contributed by atoms with Crippen LogP contribution in [0.4, 0.5) is 0 Å². The van der Waals surface area contributed by atoms with E-state index in [9.17, 15) is 0 Å². The highest BCUT2D eigenvalue weighted by molar-refractivity contribution is 4.98. The highest BCUT2D eigenvalue weighted by Gasteiger charge is 1.99. The molecule has 2 nitrogen and oxygen atoms in total. The van der Waals surface area contributed by atoms with Gasteiger partial charge in [0, 0.05) is 13.2 Å². The molecule has 0 aliphatic carbocycles. The van der Waals surface area contributed by atoms with Gasteiger partial charge in [-0.25, -0.2) is 0 Å². The quantitative estimate of drug-likeness (QED) is 0.0450. The fourth-order valence-electron chi connectivity index (χ4n) is 8.56. The summed E-state index contributed by atoms with van der Waals surface area (Å²) in [5.74, 6) is 0. The number of hydrogen-bond donors (Lipinski definition) is 0. The zero-order valence-corrected chi connectivity index (χ0v) is 40.2. The molecule has 0 radical (unpaired) electrons. The van der Waals surface area contributed by atoms with Crippen LogP contribution in [0.5, 0.6) is 0 Å². The van der Waals surface area contributed by atoms with Gasteiger partial charge in [0.25, 0.3) is 0 Å². The van der Waals surface area contributed by atoms with E-state index in [1.54, 1.807) is 0 Å². The van der Waals surface area contributed by atoms with E-state index in [0.29, 0.717) is 0 Å². The lowest BCUT2D eigenvalue weighted by Crippen LogP contribution is -2.00. The maximum atomic E-state index is 5.93. The Kier molecular flexibility index (Phi) is 53.4. The molecule has 0 atom stereocenters. The van der Waals surface area contributed by atoms with Gasteiger partial charge >= 0.3 is 0 Å². The predicted octanol–water partition coefficient (Wildman–Crippen LogP) is 20.0. The Hall–Kier alpha value is -0.340. The van der Waals surface area contributed by atoms with Crippen LogP contribution in [0.25, 0.3) is 0 Å². The first-order valence-electron chi connectivity index (χ1n) is 27.1. The van der Waals surface area contributed by atoms with Gasteiger partial charge in [0.1, 0.15) is 0 Å². The number of hydrogen-bond acceptors (Lipinski definition) is 2. The molecule has 0 unspecified atom stereocenters. The zero-order chi connectivity index (χ0) is 41.1. The first-order valence-corrected chi connectivity index (χ1v) is 27.1. The van der Waals surface area contributed by atoms with Crippen LogP contribution in [0.2, 0.25) is 0 Å². The maximum Gasteiger partial charge on any atom is 0.0674 e. The van der Waals surface area contributed by atoms with Crippen molar-refractivity contribution in [2.75, 3.05) is 26.4 Å². The van der Waals surface area contributed by atoms with Crippen LogP contribution in [0, 0.1) is 0 Å². The molecule has 0 saturated carbocycles. The lowest BCUT2D eigenvalue weighted by molar-refractivity contribution is 0.144. The third-order valence-corrected chi connectivity index (χ3v) is 12.7. The molecule has 0 aromatic carbocycles. The van der Waals surface area contributed by atoms with Crippen LogP contribution >= 0.6 is 0 Å². The lowest BCUT2D eigenvalue weighted by atomic mass is 10.0. The van der Waals surface area contributed by atoms with Gasteiger partial charge < -0.3 is 9.47 Å². The summed E-state index contributed by atoms with van der Waals surface area (Å²) in [5.41, 5.74) is 1.31. The van der Waals surface area contributed by atoms with Crippen molar-refractivity contribution >= 4 is 0 Å². The molecule has 0 saturated heterocycles. The number of rotatable bonds is 52. The SMILES string of the molecule is CCCCCCCCCCCCCCCCCCCCCCCCCOC/C=C(/C)COCCCCCCCCCCCCCCCCCCCCCCCCC.